The second-order valence-electron chi connectivity index (χ2n) is 7.13. The van der Waals surface area contributed by atoms with Crippen LogP contribution in [0.2, 0.25) is 0 Å². The van der Waals surface area contributed by atoms with Crippen molar-refractivity contribution in [2.45, 2.75) is 19.6 Å². The van der Waals surface area contributed by atoms with Gasteiger partial charge in [0.25, 0.3) is 0 Å². The number of carboxylic acid groups (broad SMARTS) is 1. The van der Waals surface area contributed by atoms with E-state index in [2.05, 4.69) is 4.98 Å². The van der Waals surface area contributed by atoms with Crippen LogP contribution in [0.5, 0.6) is 11.5 Å². The monoisotopic (exact) mass is 436 g/mol. The molecule has 0 aliphatic rings. The zero-order valence-electron chi connectivity index (χ0n) is 17.3. The molecule has 0 saturated carbocycles. The summed E-state index contributed by atoms with van der Waals surface area (Å²) in [5, 5.41) is 9.50. The first-order chi connectivity index (χ1) is 15.5. The molecule has 0 saturated heterocycles. The molecule has 2 aromatic heterocycles. The van der Waals surface area contributed by atoms with Crippen molar-refractivity contribution < 1.29 is 28.2 Å². The lowest BCUT2D eigenvalue weighted by Crippen LogP contribution is -2.06. The molecule has 0 spiro atoms. The highest BCUT2D eigenvalue weighted by atomic mass is 19.1. The van der Waals surface area contributed by atoms with E-state index in [1.54, 1.807) is 42.6 Å². The molecule has 32 heavy (non-hydrogen) atoms. The molecule has 0 bridgehead atoms. The minimum Gasteiger partial charge on any atom is -0.497 e. The molecule has 164 valence electrons. The molecule has 0 radical (unpaired) electrons. The highest BCUT2D eigenvalue weighted by molar-refractivity contribution is 5.93. The quantitative estimate of drug-likeness (QED) is 0.424. The van der Waals surface area contributed by atoms with Gasteiger partial charge in [0.05, 0.1) is 30.9 Å². The molecule has 8 heteroatoms. The molecule has 2 aromatic carbocycles. The lowest BCUT2D eigenvalue weighted by molar-refractivity contribution is -0.136. The number of hydrogen-bond acceptors (Lipinski definition) is 6. The SMILES string of the molecule is COc1ccc(CC(=O)O)c(OCc2cc(-c3ccnc(CN)c3)c3occc3c2F)c1. The van der Waals surface area contributed by atoms with Crippen molar-refractivity contribution in [2.24, 2.45) is 5.73 Å². The van der Waals surface area contributed by atoms with Crippen molar-refractivity contribution in [2.75, 3.05) is 7.11 Å². The Kier molecular flexibility index (Phi) is 6.04. The maximum Gasteiger partial charge on any atom is 0.307 e. The Hall–Kier alpha value is -3.91. The first-order valence-corrected chi connectivity index (χ1v) is 9.85. The van der Waals surface area contributed by atoms with Crippen molar-refractivity contribution in [3.8, 4) is 22.6 Å². The van der Waals surface area contributed by atoms with Crippen LogP contribution < -0.4 is 15.2 Å². The van der Waals surface area contributed by atoms with E-state index >= 15 is 4.39 Å². The molecule has 0 amide bonds. The fourth-order valence-corrected chi connectivity index (χ4v) is 3.50. The molecule has 0 aliphatic heterocycles. The number of fused-ring (bicyclic) bond motifs is 1. The number of benzene rings is 2. The predicted octanol–water partition coefficient (Wildman–Crippen LogP) is 4.31. The Labute approximate surface area is 183 Å². The molecule has 0 atom stereocenters. The van der Waals surface area contributed by atoms with Crippen molar-refractivity contribution in [3.05, 3.63) is 77.6 Å². The maximum atomic E-state index is 15.2. The van der Waals surface area contributed by atoms with Gasteiger partial charge in [-0.1, -0.05) is 6.07 Å². The number of aliphatic carboxylic acids is 1. The first kappa shape index (κ1) is 21.3. The fourth-order valence-electron chi connectivity index (χ4n) is 3.50. The van der Waals surface area contributed by atoms with Gasteiger partial charge >= 0.3 is 5.97 Å². The van der Waals surface area contributed by atoms with Crippen molar-refractivity contribution in [1.29, 1.82) is 0 Å². The Balaban J connectivity index is 1.73. The summed E-state index contributed by atoms with van der Waals surface area (Å²) in [4.78, 5) is 15.4. The van der Waals surface area contributed by atoms with E-state index in [9.17, 15) is 9.90 Å². The minimum atomic E-state index is -0.998. The Morgan fingerprint density at radius 2 is 2.03 bits per heavy atom. The van der Waals surface area contributed by atoms with Crippen molar-refractivity contribution >= 4 is 16.9 Å². The van der Waals surface area contributed by atoms with Crippen LogP contribution in [0.1, 0.15) is 16.8 Å². The highest BCUT2D eigenvalue weighted by Gasteiger charge is 2.18. The van der Waals surface area contributed by atoms with Crippen LogP contribution in [0.15, 0.2) is 59.3 Å². The summed E-state index contributed by atoms with van der Waals surface area (Å²) < 4.78 is 31.8. The van der Waals surface area contributed by atoms with E-state index in [1.807, 2.05) is 6.07 Å². The fraction of sp³-hybridized carbons (Fsp3) is 0.167. The van der Waals surface area contributed by atoms with Gasteiger partial charge < -0.3 is 24.7 Å². The van der Waals surface area contributed by atoms with Crippen molar-refractivity contribution in [1.82, 2.24) is 4.98 Å². The number of aromatic nitrogens is 1. The van der Waals surface area contributed by atoms with Crippen molar-refractivity contribution in [3.63, 3.8) is 0 Å². The van der Waals surface area contributed by atoms with Gasteiger partial charge in [0, 0.05) is 35.5 Å². The first-order valence-electron chi connectivity index (χ1n) is 9.85. The smallest absolute Gasteiger partial charge is 0.307 e. The van der Waals surface area contributed by atoms with Crippen LogP contribution >= 0.6 is 0 Å². The second kappa shape index (κ2) is 9.07. The van der Waals surface area contributed by atoms with Crippen LogP contribution in [0, 0.1) is 5.82 Å². The van der Waals surface area contributed by atoms with E-state index in [0.29, 0.717) is 44.9 Å². The predicted molar refractivity (Wildman–Crippen MR) is 116 cm³/mol. The third kappa shape index (κ3) is 4.26. The van der Waals surface area contributed by atoms with E-state index in [1.165, 1.54) is 13.4 Å². The summed E-state index contributed by atoms with van der Waals surface area (Å²) in [5.41, 5.74) is 9.04. The standard InChI is InChI=1S/C24H21FN2O5/c1-30-18-3-2-15(10-22(28)29)21(11-18)32-13-16-9-20(14-4-6-27-17(8-14)12-26)24-19(23(16)25)5-7-31-24/h2-9,11H,10,12-13,26H2,1H3,(H,28,29). The summed E-state index contributed by atoms with van der Waals surface area (Å²) >= 11 is 0. The summed E-state index contributed by atoms with van der Waals surface area (Å²) in [5.74, 6) is -0.643. The topological polar surface area (TPSA) is 108 Å². The maximum absolute atomic E-state index is 15.2. The second-order valence-corrected chi connectivity index (χ2v) is 7.13. The summed E-state index contributed by atoms with van der Waals surface area (Å²) in [6, 6.07) is 11.7. The number of hydrogen-bond donors (Lipinski definition) is 2. The average Bonchev–Trinajstić information content (AvgIpc) is 3.29. The zero-order valence-corrected chi connectivity index (χ0v) is 17.3. The number of carboxylic acids is 1. The average molecular weight is 436 g/mol. The molecule has 4 rings (SSSR count). The number of ether oxygens (including phenoxy) is 2. The number of nitrogens with zero attached hydrogens (tertiary/aromatic N) is 1. The van der Waals surface area contributed by atoms with Gasteiger partial charge in [-0.25, -0.2) is 4.39 Å². The summed E-state index contributed by atoms with van der Waals surface area (Å²) in [7, 11) is 1.50. The van der Waals surface area contributed by atoms with E-state index < -0.39 is 11.8 Å². The molecule has 7 nitrogen and oxygen atoms in total. The molecular formula is C24H21FN2O5. The molecule has 0 unspecified atom stereocenters. The highest BCUT2D eigenvalue weighted by Crippen LogP contribution is 2.34. The largest absolute Gasteiger partial charge is 0.497 e. The normalized spacial score (nSPS) is 11.0. The molecule has 0 aliphatic carbocycles. The van der Waals surface area contributed by atoms with Gasteiger partial charge in [0.15, 0.2) is 0 Å². The minimum absolute atomic E-state index is 0.116. The number of carbonyl (C=O) groups is 1. The number of pyridine rings is 1. The lowest BCUT2D eigenvalue weighted by atomic mass is 10.00. The lowest BCUT2D eigenvalue weighted by Gasteiger charge is -2.14. The number of halogens is 1. The third-order valence-electron chi connectivity index (χ3n) is 5.08. The van der Waals surface area contributed by atoms with Gasteiger partial charge in [-0.3, -0.25) is 9.78 Å². The Morgan fingerprint density at radius 3 is 2.78 bits per heavy atom. The van der Waals surface area contributed by atoms with E-state index in [0.717, 1.165) is 5.56 Å². The molecule has 0 fully saturated rings. The Morgan fingerprint density at radius 1 is 1.19 bits per heavy atom. The van der Waals surface area contributed by atoms with Gasteiger partial charge in [-0.05, 0) is 35.9 Å². The van der Waals surface area contributed by atoms with Crippen LogP contribution in [-0.4, -0.2) is 23.2 Å². The third-order valence-corrected chi connectivity index (χ3v) is 5.08. The van der Waals surface area contributed by atoms with E-state index in [4.69, 9.17) is 19.6 Å². The van der Waals surface area contributed by atoms with Gasteiger partial charge in [0.1, 0.15) is 29.5 Å². The molecule has 2 heterocycles. The molecule has 3 N–H and O–H groups in total. The molecule has 4 aromatic rings. The number of methoxy groups -OCH3 is 1. The van der Waals surface area contributed by atoms with Crippen LogP contribution in [-0.2, 0) is 24.4 Å². The van der Waals surface area contributed by atoms with Crippen LogP contribution in [0.4, 0.5) is 4.39 Å². The van der Waals surface area contributed by atoms with Crippen LogP contribution in [0.25, 0.3) is 22.1 Å². The Bertz CT molecular complexity index is 1280. The van der Waals surface area contributed by atoms with Gasteiger partial charge in [-0.2, -0.15) is 0 Å². The molecular weight excluding hydrogens is 415 g/mol. The number of nitrogens with two attached hydrogens (primary N) is 1. The summed E-state index contributed by atoms with van der Waals surface area (Å²) in [6.45, 7) is 0.156. The summed E-state index contributed by atoms with van der Waals surface area (Å²) in [6.07, 6.45) is 2.84. The number of furan rings is 1. The van der Waals surface area contributed by atoms with Gasteiger partial charge in [0.2, 0.25) is 0 Å². The van der Waals surface area contributed by atoms with Crippen LogP contribution in [0.3, 0.4) is 0 Å². The van der Waals surface area contributed by atoms with E-state index in [-0.39, 0.29) is 19.6 Å². The number of rotatable bonds is 8. The zero-order chi connectivity index (χ0) is 22.7. The van der Waals surface area contributed by atoms with Gasteiger partial charge in [-0.15, -0.1) is 0 Å².